The highest BCUT2D eigenvalue weighted by molar-refractivity contribution is 5.82. The van der Waals surface area contributed by atoms with Gasteiger partial charge in [0.2, 0.25) is 0 Å². The lowest BCUT2D eigenvalue weighted by Gasteiger charge is -2.08. The third-order valence-electron chi connectivity index (χ3n) is 1.80. The average molecular weight is 203 g/mol. The van der Waals surface area contributed by atoms with Gasteiger partial charge in [0.15, 0.2) is 23.2 Å². The summed E-state index contributed by atoms with van der Waals surface area (Å²) in [7, 11) is 0. The Morgan fingerprint density at radius 1 is 1.29 bits per heavy atom. The number of ketones is 1. The van der Waals surface area contributed by atoms with Crippen LogP contribution in [0.3, 0.4) is 0 Å². The number of halogens is 3. The average Bonchev–Trinajstić information content (AvgIpc) is 2.12. The lowest BCUT2D eigenvalue weighted by molar-refractivity contribution is -0.118. The van der Waals surface area contributed by atoms with Crippen molar-refractivity contribution in [2.45, 2.75) is 13.0 Å². The van der Waals surface area contributed by atoms with Crippen molar-refractivity contribution < 1.29 is 18.0 Å². The molecule has 1 aromatic rings. The molecule has 1 rings (SSSR count). The number of nitrogens with two attached hydrogens (primary N) is 1. The summed E-state index contributed by atoms with van der Waals surface area (Å²) < 4.78 is 37.9. The Labute approximate surface area is 78.5 Å². The van der Waals surface area contributed by atoms with Crippen molar-refractivity contribution in [3.63, 3.8) is 0 Å². The molecule has 0 bridgehead atoms. The highest BCUT2D eigenvalue weighted by Gasteiger charge is 2.17. The Kier molecular flexibility index (Phi) is 2.90. The van der Waals surface area contributed by atoms with Gasteiger partial charge in [-0.1, -0.05) is 0 Å². The Morgan fingerprint density at radius 2 is 1.71 bits per heavy atom. The summed E-state index contributed by atoms with van der Waals surface area (Å²) in [5.74, 6) is -4.71. The first-order valence-electron chi connectivity index (χ1n) is 3.84. The van der Waals surface area contributed by atoms with Gasteiger partial charge in [0.05, 0.1) is 6.04 Å². The smallest absolute Gasteiger partial charge is 0.194 e. The molecule has 0 radical (unpaired) electrons. The molecule has 0 fully saturated rings. The summed E-state index contributed by atoms with van der Waals surface area (Å²) in [6.07, 6.45) is 0. The standard InChI is InChI=1S/C9H8F3NO/c1-4(14)9(13)5-2-6(10)8(12)7(11)3-5/h2-3,9H,13H2,1H3. The highest BCUT2D eigenvalue weighted by atomic mass is 19.2. The van der Waals surface area contributed by atoms with E-state index in [4.69, 9.17) is 5.73 Å². The molecule has 0 aliphatic rings. The molecule has 1 unspecified atom stereocenters. The van der Waals surface area contributed by atoms with E-state index in [9.17, 15) is 18.0 Å². The maximum Gasteiger partial charge on any atom is 0.194 e. The van der Waals surface area contributed by atoms with Crippen molar-refractivity contribution >= 4 is 5.78 Å². The van der Waals surface area contributed by atoms with Gasteiger partial charge in [0, 0.05) is 0 Å². The van der Waals surface area contributed by atoms with Crippen LogP contribution in [0, 0.1) is 17.5 Å². The maximum absolute atomic E-state index is 12.7. The molecule has 0 saturated carbocycles. The second-order valence-corrected chi connectivity index (χ2v) is 2.89. The molecule has 0 aliphatic carbocycles. The van der Waals surface area contributed by atoms with Crippen molar-refractivity contribution in [1.82, 2.24) is 0 Å². The minimum absolute atomic E-state index is 0.0751. The van der Waals surface area contributed by atoms with E-state index < -0.39 is 29.3 Å². The number of benzene rings is 1. The zero-order valence-electron chi connectivity index (χ0n) is 7.35. The zero-order chi connectivity index (χ0) is 10.9. The first-order valence-corrected chi connectivity index (χ1v) is 3.84. The van der Waals surface area contributed by atoms with Crippen molar-refractivity contribution in [1.29, 1.82) is 0 Å². The van der Waals surface area contributed by atoms with E-state index in [2.05, 4.69) is 0 Å². The number of carbonyl (C=O) groups excluding carboxylic acids is 1. The summed E-state index contributed by atoms with van der Waals surface area (Å²) in [4.78, 5) is 10.8. The first-order chi connectivity index (χ1) is 6.43. The molecule has 5 heteroatoms. The largest absolute Gasteiger partial charge is 0.318 e. The van der Waals surface area contributed by atoms with E-state index in [0.717, 1.165) is 0 Å². The Morgan fingerprint density at radius 3 is 2.07 bits per heavy atom. The lowest BCUT2D eigenvalue weighted by atomic mass is 10.0. The summed E-state index contributed by atoms with van der Waals surface area (Å²) >= 11 is 0. The number of hydrogen-bond acceptors (Lipinski definition) is 2. The number of rotatable bonds is 2. The van der Waals surface area contributed by atoms with Gasteiger partial charge in [-0.15, -0.1) is 0 Å². The monoisotopic (exact) mass is 203 g/mol. The van der Waals surface area contributed by atoms with Gasteiger partial charge < -0.3 is 5.73 Å². The van der Waals surface area contributed by atoms with Crippen LogP contribution in [0.4, 0.5) is 13.2 Å². The van der Waals surface area contributed by atoms with Crippen LogP contribution in [0.2, 0.25) is 0 Å². The molecule has 0 saturated heterocycles. The van der Waals surface area contributed by atoms with E-state index >= 15 is 0 Å². The summed E-state index contributed by atoms with van der Waals surface area (Å²) in [6.45, 7) is 1.18. The van der Waals surface area contributed by atoms with Gasteiger partial charge in [0.25, 0.3) is 0 Å². The van der Waals surface area contributed by atoms with Crippen LogP contribution >= 0.6 is 0 Å². The van der Waals surface area contributed by atoms with E-state index in [0.29, 0.717) is 12.1 Å². The second kappa shape index (κ2) is 3.79. The highest BCUT2D eigenvalue weighted by Crippen LogP contribution is 2.18. The summed E-state index contributed by atoms with van der Waals surface area (Å²) in [6, 6.07) is 0.300. The van der Waals surface area contributed by atoms with Crippen LogP contribution in [0.1, 0.15) is 18.5 Å². The minimum atomic E-state index is -1.57. The number of Topliss-reactive ketones (excluding diaryl/α,β-unsaturated/α-hetero) is 1. The van der Waals surface area contributed by atoms with E-state index in [-0.39, 0.29) is 5.56 Å². The molecule has 76 valence electrons. The van der Waals surface area contributed by atoms with Gasteiger partial charge >= 0.3 is 0 Å². The predicted octanol–water partition coefficient (Wildman–Crippen LogP) is 1.69. The van der Waals surface area contributed by atoms with Gasteiger partial charge in [0.1, 0.15) is 0 Å². The lowest BCUT2D eigenvalue weighted by Crippen LogP contribution is -2.19. The van der Waals surface area contributed by atoms with Crippen LogP contribution in [-0.2, 0) is 4.79 Å². The molecule has 2 nitrogen and oxygen atoms in total. The minimum Gasteiger partial charge on any atom is -0.318 e. The van der Waals surface area contributed by atoms with Crippen LogP contribution in [0.5, 0.6) is 0 Å². The van der Waals surface area contributed by atoms with Crippen LogP contribution in [-0.4, -0.2) is 5.78 Å². The molecule has 1 aromatic carbocycles. The number of hydrogen-bond donors (Lipinski definition) is 1. The Balaban J connectivity index is 3.19. The molecule has 0 spiro atoms. The van der Waals surface area contributed by atoms with Gasteiger partial charge in [-0.25, -0.2) is 13.2 Å². The van der Waals surface area contributed by atoms with Crippen LogP contribution in [0.15, 0.2) is 12.1 Å². The fraction of sp³-hybridized carbons (Fsp3) is 0.222. The zero-order valence-corrected chi connectivity index (χ0v) is 7.35. The summed E-state index contributed by atoms with van der Waals surface area (Å²) in [5, 5.41) is 0. The molecule has 0 aromatic heterocycles. The van der Waals surface area contributed by atoms with Gasteiger partial charge in [-0.2, -0.15) is 0 Å². The van der Waals surface area contributed by atoms with Crippen LogP contribution < -0.4 is 5.73 Å². The molecule has 14 heavy (non-hydrogen) atoms. The third-order valence-corrected chi connectivity index (χ3v) is 1.80. The molecular weight excluding hydrogens is 195 g/mol. The maximum atomic E-state index is 12.7. The van der Waals surface area contributed by atoms with Crippen LogP contribution in [0.25, 0.3) is 0 Å². The van der Waals surface area contributed by atoms with Crippen molar-refractivity contribution in [3.05, 3.63) is 35.1 Å². The van der Waals surface area contributed by atoms with E-state index in [1.165, 1.54) is 6.92 Å². The van der Waals surface area contributed by atoms with Crippen molar-refractivity contribution in [2.75, 3.05) is 0 Å². The van der Waals surface area contributed by atoms with E-state index in [1.807, 2.05) is 0 Å². The third kappa shape index (κ3) is 1.93. The predicted molar refractivity (Wildman–Crippen MR) is 43.9 cm³/mol. The molecular formula is C9H8F3NO. The quantitative estimate of drug-likeness (QED) is 0.743. The summed E-state index contributed by atoms with van der Waals surface area (Å²) in [5.41, 5.74) is 5.25. The molecule has 2 N–H and O–H groups in total. The SMILES string of the molecule is CC(=O)C(N)c1cc(F)c(F)c(F)c1. The Bertz CT molecular complexity index is 355. The van der Waals surface area contributed by atoms with Gasteiger partial charge in [-0.05, 0) is 24.6 Å². The Hall–Kier alpha value is -1.36. The normalized spacial score (nSPS) is 12.6. The second-order valence-electron chi connectivity index (χ2n) is 2.89. The molecule has 0 heterocycles. The molecule has 1 atom stereocenters. The number of carbonyl (C=O) groups is 1. The fourth-order valence-electron chi connectivity index (χ4n) is 0.989. The fourth-order valence-corrected chi connectivity index (χ4v) is 0.989. The van der Waals surface area contributed by atoms with Crippen molar-refractivity contribution in [3.8, 4) is 0 Å². The molecule has 0 amide bonds. The molecule has 0 aliphatic heterocycles. The topological polar surface area (TPSA) is 43.1 Å². The first kappa shape index (κ1) is 10.7. The van der Waals surface area contributed by atoms with Gasteiger partial charge in [-0.3, -0.25) is 4.79 Å². The van der Waals surface area contributed by atoms with Crippen molar-refractivity contribution in [2.24, 2.45) is 5.73 Å². The van der Waals surface area contributed by atoms with E-state index in [1.54, 1.807) is 0 Å².